The lowest BCUT2D eigenvalue weighted by Crippen LogP contribution is -2.51. The molecule has 2 atom stereocenters. The number of likely N-dealkylation sites (tertiary alicyclic amines) is 1. The molecule has 1 aliphatic carbocycles. The first-order valence-corrected chi connectivity index (χ1v) is 6.95. The van der Waals surface area contributed by atoms with E-state index < -0.39 is 5.60 Å². The molecular formula is C14H25NO3. The van der Waals surface area contributed by atoms with Crippen molar-refractivity contribution in [2.24, 2.45) is 11.3 Å². The topological polar surface area (TPSA) is 49.8 Å². The molecule has 1 saturated carbocycles. The Hall–Kier alpha value is -0.770. The van der Waals surface area contributed by atoms with Crippen LogP contribution in [0.15, 0.2) is 0 Å². The summed E-state index contributed by atoms with van der Waals surface area (Å²) in [5.74, 6) is 0.584. The highest BCUT2D eigenvalue weighted by Crippen LogP contribution is 2.48. The van der Waals surface area contributed by atoms with Gasteiger partial charge in [0.05, 0.1) is 6.61 Å². The Morgan fingerprint density at radius 2 is 2.17 bits per heavy atom. The third kappa shape index (κ3) is 2.63. The van der Waals surface area contributed by atoms with E-state index in [-0.39, 0.29) is 18.1 Å². The van der Waals surface area contributed by atoms with Crippen LogP contribution in [0.2, 0.25) is 0 Å². The number of hydrogen-bond acceptors (Lipinski definition) is 3. The Balaban J connectivity index is 2.02. The summed E-state index contributed by atoms with van der Waals surface area (Å²) in [7, 11) is 0. The smallest absolute Gasteiger partial charge is 0.410 e. The van der Waals surface area contributed by atoms with Gasteiger partial charge < -0.3 is 14.7 Å². The average molecular weight is 255 g/mol. The summed E-state index contributed by atoms with van der Waals surface area (Å²) in [6.07, 6.45) is 4.17. The van der Waals surface area contributed by atoms with Crippen LogP contribution in [0.4, 0.5) is 4.79 Å². The number of carbonyl (C=O) groups is 1. The average Bonchev–Trinajstić information content (AvgIpc) is 2.69. The minimum Gasteiger partial charge on any atom is -0.444 e. The zero-order valence-electron chi connectivity index (χ0n) is 11.7. The van der Waals surface area contributed by atoms with Crippen molar-refractivity contribution < 1.29 is 14.6 Å². The second kappa shape index (κ2) is 4.72. The fourth-order valence-electron chi connectivity index (χ4n) is 3.38. The van der Waals surface area contributed by atoms with E-state index in [0.29, 0.717) is 12.5 Å². The largest absolute Gasteiger partial charge is 0.444 e. The first-order chi connectivity index (χ1) is 8.36. The van der Waals surface area contributed by atoms with Crippen LogP contribution in [-0.2, 0) is 4.74 Å². The summed E-state index contributed by atoms with van der Waals surface area (Å²) in [6.45, 7) is 7.26. The lowest BCUT2D eigenvalue weighted by Gasteiger charge is -2.44. The molecular weight excluding hydrogens is 230 g/mol. The van der Waals surface area contributed by atoms with Gasteiger partial charge in [-0.15, -0.1) is 0 Å². The highest BCUT2D eigenvalue weighted by atomic mass is 16.6. The molecule has 104 valence electrons. The molecule has 0 spiro atoms. The zero-order valence-corrected chi connectivity index (χ0v) is 11.7. The minimum absolute atomic E-state index is 0.0604. The first kappa shape index (κ1) is 13.7. The van der Waals surface area contributed by atoms with Gasteiger partial charge in [-0.2, -0.15) is 0 Å². The van der Waals surface area contributed by atoms with E-state index in [9.17, 15) is 9.90 Å². The summed E-state index contributed by atoms with van der Waals surface area (Å²) in [5.41, 5.74) is -0.509. The molecule has 0 aromatic rings. The van der Waals surface area contributed by atoms with E-state index in [1.54, 1.807) is 4.90 Å². The van der Waals surface area contributed by atoms with Gasteiger partial charge in [-0.25, -0.2) is 4.79 Å². The number of ether oxygens (including phenoxy) is 1. The van der Waals surface area contributed by atoms with Gasteiger partial charge in [0.15, 0.2) is 0 Å². The van der Waals surface area contributed by atoms with Crippen molar-refractivity contribution in [3.05, 3.63) is 0 Å². The molecule has 1 heterocycles. The second-order valence-corrected chi connectivity index (χ2v) is 6.80. The van der Waals surface area contributed by atoms with Gasteiger partial charge in [-0.3, -0.25) is 0 Å². The maximum Gasteiger partial charge on any atom is 0.410 e. The molecule has 4 heteroatoms. The molecule has 2 rings (SSSR count). The van der Waals surface area contributed by atoms with Gasteiger partial charge in [0.2, 0.25) is 0 Å². The van der Waals surface area contributed by atoms with Crippen LogP contribution < -0.4 is 0 Å². The fourth-order valence-corrected chi connectivity index (χ4v) is 3.38. The Bertz CT molecular complexity index is 323. The standard InChI is InChI=1S/C14H25NO3/c1-13(2,3)18-12(17)15-8-6-11-5-4-7-14(11,9-15)10-16/h11,16H,4-10H2,1-3H3. The Morgan fingerprint density at radius 3 is 2.78 bits per heavy atom. The van der Waals surface area contributed by atoms with Crippen LogP contribution in [0.25, 0.3) is 0 Å². The molecule has 1 N–H and O–H groups in total. The van der Waals surface area contributed by atoms with Crippen molar-refractivity contribution in [1.29, 1.82) is 0 Å². The SMILES string of the molecule is CC(C)(C)OC(=O)N1CCC2CCCC2(CO)C1. The van der Waals surface area contributed by atoms with Gasteiger partial charge in [0, 0.05) is 18.5 Å². The van der Waals surface area contributed by atoms with Crippen molar-refractivity contribution >= 4 is 6.09 Å². The zero-order chi connectivity index (χ0) is 13.4. The van der Waals surface area contributed by atoms with Crippen LogP contribution >= 0.6 is 0 Å². The third-order valence-corrected chi connectivity index (χ3v) is 4.31. The molecule has 0 aromatic heterocycles. The molecule has 2 aliphatic rings. The van der Waals surface area contributed by atoms with Crippen LogP contribution in [-0.4, -0.2) is 41.4 Å². The molecule has 2 fully saturated rings. The predicted octanol–water partition coefficient (Wildman–Crippen LogP) is 2.41. The number of hydrogen-bond donors (Lipinski definition) is 1. The number of rotatable bonds is 1. The molecule has 4 nitrogen and oxygen atoms in total. The molecule has 1 saturated heterocycles. The summed E-state index contributed by atoms with van der Waals surface area (Å²) >= 11 is 0. The van der Waals surface area contributed by atoms with Crippen molar-refractivity contribution in [3.63, 3.8) is 0 Å². The maximum atomic E-state index is 12.1. The van der Waals surface area contributed by atoms with Crippen LogP contribution in [0.1, 0.15) is 46.5 Å². The predicted molar refractivity (Wildman–Crippen MR) is 69.3 cm³/mol. The second-order valence-electron chi connectivity index (χ2n) is 6.80. The van der Waals surface area contributed by atoms with Crippen molar-refractivity contribution in [3.8, 4) is 0 Å². The van der Waals surface area contributed by atoms with Crippen LogP contribution in [0.5, 0.6) is 0 Å². The highest BCUT2D eigenvalue weighted by Gasteiger charge is 2.47. The van der Waals surface area contributed by atoms with Crippen LogP contribution in [0.3, 0.4) is 0 Å². The quantitative estimate of drug-likeness (QED) is 0.782. The van der Waals surface area contributed by atoms with E-state index in [1.807, 2.05) is 20.8 Å². The van der Waals surface area contributed by atoms with Gasteiger partial charge in [-0.05, 0) is 46.0 Å². The van der Waals surface area contributed by atoms with Crippen molar-refractivity contribution in [2.45, 2.75) is 52.1 Å². The van der Waals surface area contributed by atoms with E-state index in [4.69, 9.17) is 4.74 Å². The van der Waals surface area contributed by atoms with Gasteiger partial charge in [0.1, 0.15) is 5.60 Å². The Morgan fingerprint density at radius 1 is 1.44 bits per heavy atom. The molecule has 1 amide bonds. The number of nitrogens with zero attached hydrogens (tertiary/aromatic N) is 1. The minimum atomic E-state index is -0.448. The summed E-state index contributed by atoms with van der Waals surface area (Å²) in [6, 6.07) is 0. The highest BCUT2D eigenvalue weighted by molar-refractivity contribution is 5.68. The van der Waals surface area contributed by atoms with Gasteiger partial charge in [0.25, 0.3) is 0 Å². The lowest BCUT2D eigenvalue weighted by molar-refractivity contribution is -0.0234. The summed E-state index contributed by atoms with van der Waals surface area (Å²) in [5, 5.41) is 9.71. The van der Waals surface area contributed by atoms with E-state index >= 15 is 0 Å². The number of fused-ring (bicyclic) bond motifs is 1. The van der Waals surface area contributed by atoms with Crippen molar-refractivity contribution in [1.82, 2.24) is 4.90 Å². The van der Waals surface area contributed by atoms with Gasteiger partial charge >= 0.3 is 6.09 Å². The van der Waals surface area contributed by atoms with Crippen molar-refractivity contribution in [2.75, 3.05) is 19.7 Å². The molecule has 0 bridgehead atoms. The number of aliphatic hydroxyl groups excluding tert-OH is 1. The molecule has 2 unspecified atom stereocenters. The Kier molecular flexibility index (Phi) is 3.58. The molecule has 1 aliphatic heterocycles. The molecule has 18 heavy (non-hydrogen) atoms. The van der Waals surface area contributed by atoms with E-state index in [0.717, 1.165) is 19.4 Å². The summed E-state index contributed by atoms with van der Waals surface area (Å²) in [4.78, 5) is 13.9. The van der Waals surface area contributed by atoms with Gasteiger partial charge in [-0.1, -0.05) is 6.42 Å². The first-order valence-electron chi connectivity index (χ1n) is 6.95. The number of aliphatic hydroxyl groups is 1. The fraction of sp³-hybridized carbons (Fsp3) is 0.929. The van der Waals surface area contributed by atoms with Crippen LogP contribution in [0, 0.1) is 11.3 Å². The number of amides is 1. The molecule has 0 aromatic carbocycles. The number of piperidine rings is 1. The van der Waals surface area contributed by atoms with E-state index in [1.165, 1.54) is 12.8 Å². The normalized spacial score (nSPS) is 32.2. The Labute approximate surface area is 109 Å². The maximum absolute atomic E-state index is 12.1. The number of carbonyl (C=O) groups excluding carboxylic acids is 1. The van der Waals surface area contributed by atoms with E-state index in [2.05, 4.69) is 0 Å². The summed E-state index contributed by atoms with van der Waals surface area (Å²) < 4.78 is 5.42. The lowest BCUT2D eigenvalue weighted by atomic mass is 9.74. The molecule has 0 radical (unpaired) electrons. The third-order valence-electron chi connectivity index (χ3n) is 4.31. The monoisotopic (exact) mass is 255 g/mol.